The Morgan fingerprint density at radius 1 is 0.929 bits per heavy atom. The van der Waals surface area contributed by atoms with Crippen LogP contribution in [0, 0.1) is 0 Å². The molecule has 0 aliphatic carbocycles. The van der Waals surface area contributed by atoms with Gasteiger partial charge in [-0.1, -0.05) is 30.3 Å². The van der Waals surface area contributed by atoms with E-state index in [1.165, 1.54) is 0 Å². The number of nitrogens with one attached hydrogen (secondary N) is 2. The molecule has 0 saturated heterocycles. The van der Waals surface area contributed by atoms with E-state index in [4.69, 9.17) is 4.99 Å². The van der Waals surface area contributed by atoms with Crippen LogP contribution in [0.2, 0.25) is 0 Å². The van der Waals surface area contributed by atoms with E-state index in [1.54, 1.807) is 0 Å². The SMILES string of the molecule is CCNC(=NCc1cccc(-c2ccccn2)c1)NCCc1ccccn1.I. The average molecular weight is 487 g/mol. The van der Waals surface area contributed by atoms with Gasteiger partial charge in [-0.2, -0.15) is 0 Å². The molecule has 146 valence electrons. The molecule has 3 rings (SSSR count). The second kappa shape index (κ2) is 12.1. The summed E-state index contributed by atoms with van der Waals surface area (Å²) < 4.78 is 0. The zero-order valence-electron chi connectivity index (χ0n) is 16.0. The maximum Gasteiger partial charge on any atom is 0.191 e. The summed E-state index contributed by atoms with van der Waals surface area (Å²) in [4.78, 5) is 13.5. The molecule has 2 aromatic heterocycles. The van der Waals surface area contributed by atoms with Crippen molar-refractivity contribution in [2.75, 3.05) is 13.1 Å². The van der Waals surface area contributed by atoms with Crippen LogP contribution in [0.15, 0.2) is 78.0 Å². The topological polar surface area (TPSA) is 62.2 Å². The normalized spacial score (nSPS) is 10.8. The molecule has 0 unspecified atom stereocenters. The number of halogens is 1. The van der Waals surface area contributed by atoms with E-state index >= 15 is 0 Å². The smallest absolute Gasteiger partial charge is 0.191 e. The molecular weight excluding hydrogens is 461 g/mol. The molecule has 2 N–H and O–H groups in total. The van der Waals surface area contributed by atoms with Crippen molar-refractivity contribution in [2.45, 2.75) is 19.9 Å². The van der Waals surface area contributed by atoms with Crippen molar-refractivity contribution in [3.8, 4) is 11.3 Å². The highest BCUT2D eigenvalue weighted by Gasteiger charge is 2.02. The summed E-state index contributed by atoms with van der Waals surface area (Å²) in [5.41, 5.74) is 4.31. The van der Waals surface area contributed by atoms with Gasteiger partial charge in [-0.05, 0) is 42.8 Å². The van der Waals surface area contributed by atoms with Crippen molar-refractivity contribution in [3.63, 3.8) is 0 Å². The van der Waals surface area contributed by atoms with E-state index < -0.39 is 0 Å². The number of aliphatic imine (C=N–C) groups is 1. The lowest BCUT2D eigenvalue weighted by Crippen LogP contribution is -2.38. The Morgan fingerprint density at radius 2 is 1.75 bits per heavy atom. The first-order chi connectivity index (χ1) is 13.3. The van der Waals surface area contributed by atoms with Crippen LogP contribution in [0.3, 0.4) is 0 Å². The Bertz CT molecular complexity index is 853. The number of guanidine groups is 1. The largest absolute Gasteiger partial charge is 0.357 e. The number of pyridine rings is 2. The minimum Gasteiger partial charge on any atom is -0.357 e. The van der Waals surface area contributed by atoms with Gasteiger partial charge in [0, 0.05) is 43.2 Å². The molecule has 5 nitrogen and oxygen atoms in total. The molecule has 2 heterocycles. The Kier molecular flexibility index (Phi) is 9.41. The first-order valence-corrected chi connectivity index (χ1v) is 9.27. The summed E-state index contributed by atoms with van der Waals surface area (Å²) in [7, 11) is 0. The van der Waals surface area contributed by atoms with Gasteiger partial charge in [-0.25, -0.2) is 4.99 Å². The Morgan fingerprint density at radius 3 is 2.46 bits per heavy atom. The van der Waals surface area contributed by atoms with E-state index in [2.05, 4.69) is 51.8 Å². The molecule has 0 bridgehead atoms. The number of benzene rings is 1. The van der Waals surface area contributed by atoms with Gasteiger partial charge in [0.2, 0.25) is 0 Å². The van der Waals surface area contributed by atoms with Crippen molar-refractivity contribution in [2.24, 2.45) is 4.99 Å². The fraction of sp³-hybridized carbons (Fsp3) is 0.227. The van der Waals surface area contributed by atoms with Crippen LogP contribution in [-0.2, 0) is 13.0 Å². The predicted octanol–water partition coefficient (Wildman–Crippen LogP) is 4.06. The molecule has 28 heavy (non-hydrogen) atoms. The highest BCUT2D eigenvalue weighted by Crippen LogP contribution is 2.18. The number of aromatic nitrogens is 2. The van der Waals surface area contributed by atoms with Crippen molar-refractivity contribution in [3.05, 3.63) is 84.3 Å². The fourth-order valence-electron chi connectivity index (χ4n) is 2.73. The zero-order valence-corrected chi connectivity index (χ0v) is 18.3. The number of hydrogen-bond acceptors (Lipinski definition) is 3. The molecule has 0 spiro atoms. The minimum atomic E-state index is 0. The van der Waals surface area contributed by atoms with Gasteiger partial charge in [0.15, 0.2) is 5.96 Å². The maximum absolute atomic E-state index is 4.70. The summed E-state index contributed by atoms with van der Waals surface area (Å²) in [5, 5.41) is 6.66. The van der Waals surface area contributed by atoms with Crippen LogP contribution >= 0.6 is 24.0 Å². The lowest BCUT2D eigenvalue weighted by Gasteiger charge is -2.11. The van der Waals surface area contributed by atoms with Gasteiger partial charge in [0.1, 0.15) is 0 Å². The van der Waals surface area contributed by atoms with Crippen LogP contribution in [0.4, 0.5) is 0 Å². The van der Waals surface area contributed by atoms with Gasteiger partial charge >= 0.3 is 0 Å². The van der Waals surface area contributed by atoms with Crippen molar-refractivity contribution < 1.29 is 0 Å². The number of hydrogen-bond donors (Lipinski definition) is 2. The molecule has 6 heteroatoms. The fourth-order valence-corrected chi connectivity index (χ4v) is 2.73. The molecule has 0 amide bonds. The van der Waals surface area contributed by atoms with Crippen LogP contribution in [0.25, 0.3) is 11.3 Å². The Hall–Kier alpha value is -2.48. The first-order valence-electron chi connectivity index (χ1n) is 9.27. The summed E-state index contributed by atoms with van der Waals surface area (Å²) in [6, 6.07) is 20.3. The van der Waals surface area contributed by atoms with Crippen LogP contribution in [-0.4, -0.2) is 29.0 Å². The van der Waals surface area contributed by atoms with Gasteiger partial charge in [0.05, 0.1) is 12.2 Å². The summed E-state index contributed by atoms with van der Waals surface area (Å²) in [6.07, 6.45) is 4.50. The maximum atomic E-state index is 4.70. The quantitative estimate of drug-likeness (QED) is 0.300. The summed E-state index contributed by atoms with van der Waals surface area (Å²) in [6.45, 7) is 4.29. The lowest BCUT2D eigenvalue weighted by molar-refractivity contribution is 0.788. The lowest BCUT2D eigenvalue weighted by atomic mass is 10.1. The predicted molar refractivity (Wildman–Crippen MR) is 126 cm³/mol. The number of rotatable bonds is 7. The summed E-state index contributed by atoms with van der Waals surface area (Å²) in [5.74, 6) is 0.816. The standard InChI is InChI=1S/C22H25N5.HI/c1-2-23-22(26-15-12-20-10-3-5-13-24-20)27-17-18-8-7-9-19(16-18)21-11-4-6-14-25-21;/h3-11,13-14,16H,2,12,15,17H2,1H3,(H2,23,26,27);1H. The Balaban J connectivity index is 0.00000280. The first kappa shape index (κ1) is 21.8. The minimum absolute atomic E-state index is 0. The van der Waals surface area contributed by atoms with E-state index in [0.29, 0.717) is 6.54 Å². The van der Waals surface area contributed by atoms with E-state index in [9.17, 15) is 0 Å². The molecule has 0 radical (unpaired) electrons. The van der Waals surface area contributed by atoms with Crippen molar-refractivity contribution >= 4 is 29.9 Å². The second-order valence-corrected chi connectivity index (χ2v) is 6.11. The van der Waals surface area contributed by atoms with Crippen LogP contribution < -0.4 is 10.6 Å². The molecular formula is C22H26IN5. The highest BCUT2D eigenvalue weighted by atomic mass is 127. The monoisotopic (exact) mass is 487 g/mol. The van der Waals surface area contributed by atoms with Gasteiger partial charge in [-0.3, -0.25) is 9.97 Å². The third kappa shape index (κ3) is 6.92. The Labute approximate surface area is 183 Å². The molecule has 0 aliphatic rings. The average Bonchev–Trinajstić information content (AvgIpc) is 2.74. The van der Waals surface area contributed by atoms with Crippen LogP contribution in [0.1, 0.15) is 18.2 Å². The highest BCUT2D eigenvalue weighted by molar-refractivity contribution is 14.0. The van der Waals surface area contributed by atoms with Crippen molar-refractivity contribution in [1.29, 1.82) is 0 Å². The van der Waals surface area contributed by atoms with E-state index in [1.807, 2.05) is 48.8 Å². The molecule has 3 aromatic rings. The molecule has 0 atom stereocenters. The molecule has 0 saturated carbocycles. The zero-order chi connectivity index (χ0) is 18.7. The number of nitrogens with zero attached hydrogens (tertiary/aromatic N) is 3. The third-order valence-corrected chi connectivity index (χ3v) is 4.05. The van der Waals surface area contributed by atoms with Gasteiger partial charge in [0.25, 0.3) is 0 Å². The van der Waals surface area contributed by atoms with Gasteiger partial charge in [-0.15, -0.1) is 24.0 Å². The van der Waals surface area contributed by atoms with Crippen LogP contribution in [0.5, 0.6) is 0 Å². The third-order valence-electron chi connectivity index (χ3n) is 4.05. The van der Waals surface area contributed by atoms with Crippen molar-refractivity contribution in [1.82, 2.24) is 20.6 Å². The van der Waals surface area contributed by atoms with E-state index in [-0.39, 0.29) is 24.0 Å². The molecule has 0 fully saturated rings. The molecule has 0 aliphatic heterocycles. The van der Waals surface area contributed by atoms with Gasteiger partial charge < -0.3 is 10.6 Å². The van der Waals surface area contributed by atoms with E-state index in [0.717, 1.165) is 48.0 Å². The molecule has 1 aromatic carbocycles. The second-order valence-electron chi connectivity index (χ2n) is 6.11. The summed E-state index contributed by atoms with van der Waals surface area (Å²) >= 11 is 0.